The zero-order chi connectivity index (χ0) is 20.8. The number of hydrogen-bond donors (Lipinski definition) is 2. The van der Waals surface area contributed by atoms with E-state index in [-0.39, 0.29) is 17.9 Å². The number of nitrogens with zero attached hydrogens (tertiary/aromatic N) is 2. The minimum atomic E-state index is -0.0433. The molecule has 0 saturated carbocycles. The molecule has 0 spiro atoms. The highest BCUT2D eigenvalue weighted by atomic mass is 16.3. The topological polar surface area (TPSA) is 77.8 Å². The largest absolute Gasteiger partial charge is 0.467 e. The molecule has 2 aliphatic heterocycles. The predicted molar refractivity (Wildman–Crippen MR) is 115 cm³/mol. The second-order valence-corrected chi connectivity index (χ2v) is 8.18. The predicted octanol–water partition coefficient (Wildman–Crippen LogP) is 2.84. The monoisotopic (exact) mass is 410 g/mol. The number of likely N-dealkylation sites (tertiary alicyclic amines) is 1. The Kier molecular flexibility index (Phi) is 6.57. The van der Waals surface area contributed by atoms with E-state index in [4.69, 9.17) is 4.42 Å². The minimum absolute atomic E-state index is 0.0115. The lowest BCUT2D eigenvalue weighted by atomic mass is 9.96. The van der Waals surface area contributed by atoms with Crippen molar-refractivity contribution in [2.75, 3.05) is 37.6 Å². The van der Waals surface area contributed by atoms with Gasteiger partial charge in [0.05, 0.1) is 12.8 Å². The van der Waals surface area contributed by atoms with Gasteiger partial charge in [-0.2, -0.15) is 0 Å². The maximum Gasteiger partial charge on any atom is 0.317 e. The molecule has 2 saturated heterocycles. The molecule has 160 valence electrons. The van der Waals surface area contributed by atoms with E-state index in [0.29, 0.717) is 44.9 Å². The van der Waals surface area contributed by atoms with E-state index in [0.717, 1.165) is 25.3 Å². The highest BCUT2D eigenvalue weighted by molar-refractivity contribution is 5.79. The number of piperidine rings is 1. The smallest absolute Gasteiger partial charge is 0.317 e. The molecule has 1 unspecified atom stereocenters. The maximum absolute atomic E-state index is 12.6. The third-order valence-electron chi connectivity index (χ3n) is 6.12. The number of para-hydroxylation sites is 1. The molecule has 30 heavy (non-hydrogen) atoms. The SMILES string of the molecule is O=C(NCc1ccco1)C1CCN(C(=O)NCC2CCN(c3ccccc3)C2)CC1. The molecule has 7 heteroatoms. The lowest BCUT2D eigenvalue weighted by Crippen LogP contribution is -2.47. The number of carbonyl (C=O) groups excluding carboxylic acids is 2. The van der Waals surface area contributed by atoms with Crippen LogP contribution in [-0.4, -0.2) is 49.6 Å². The first kappa shape index (κ1) is 20.3. The fourth-order valence-electron chi connectivity index (χ4n) is 4.29. The normalized spacial score (nSPS) is 19.7. The number of rotatable bonds is 6. The van der Waals surface area contributed by atoms with Gasteiger partial charge in [0.25, 0.3) is 0 Å². The summed E-state index contributed by atoms with van der Waals surface area (Å²) < 4.78 is 5.24. The van der Waals surface area contributed by atoms with Crippen LogP contribution in [-0.2, 0) is 11.3 Å². The van der Waals surface area contributed by atoms with Crippen molar-refractivity contribution >= 4 is 17.6 Å². The van der Waals surface area contributed by atoms with Crippen molar-refractivity contribution in [2.24, 2.45) is 11.8 Å². The standard InChI is InChI=1S/C23H30N4O3/c28-22(24-16-21-7-4-14-30-21)19-9-12-26(13-10-19)23(29)25-15-18-8-11-27(17-18)20-5-2-1-3-6-20/h1-7,14,18-19H,8-13,15-17H2,(H,24,28)(H,25,29). The first-order chi connectivity index (χ1) is 14.7. The number of carbonyl (C=O) groups is 2. The average Bonchev–Trinajstić information content (AvgIpc) is 3.49. The molecule has 7 nitrogen and oxygen atoms in total. The van der Waals surface area contributed by atoms with Gasteiger partial charge in [-0.25, -0.2) is 4.79 Å². The minimum Gasteiger partial charge on any atom is -0.467 e. The number of amides is 3. The molecule has 4 rings (SSSR count). The van der Waals surface area contributed by atoms with Gasteiger partial charge in [0.2, 0.25) is 5.91 Å². The third-order valence-corrected chi connectivity index (χ3v) is 6.12. The summed E-state index contributed by atoms with van der Waals surface area (Å²) in [4.78, 5) is 29.1. The molecule has 3 heterocycles. The first-order valence-electron chi connectivity index (χ1n) is 10.8. The number of nitrogens with one attached hydrogen (secondary N) is 2. The number of urea groups is 1. The van der Waals surface area contributed by atoms with Crippen molar-refractivity contribution in [1.29, 1.82) is 0 Å². The van der Waals surface area contributed by atoms with Crippen LogP contribution in [0.3, 0.4) is 0 Å². The molecule has 0 radical (unpaired) electrons. The van der Waals surface area contributed by atoms with Crippen LogP contribution in [0.4, 0.5) is 10.5 Å². The summed E-state index contributed by atoms with van der Waals surface area (Å²) in [7, 11) is 0. The summed E-state index contributed by atoms with van der Waals surface area (Å²) in [5.41, 5.74) is 1.25. The Morgan fingerprint density at radius 1 is 0.967 bits per heavy atom. The molecule has 3 amide bonds. The number of hydrogen-bond acceptors (Lipinski definition) is 4. The molecule has 1 atom stereocenters. The summed E-state index contributed by atoms with van der Waals surface area (Å²) in [6, 6.07) is 14.1. The fourth-order valence-corrected chi connectivity index (χ4v) is 4.29. The summed E-state index contributed by atoms with van der Waals surface area (Å²) in [5.74, 6) is 1.22. The van der Waals surface area contributed by atoms with Gasteiger partial charge in [-0.1, -0.05) is 18.2 Å². The van der Waals surface area contributed by atoms with E-state index in [1.165, 1.54) is 5.69 Å². The molecule has 0 bridgehead atoms. The van der Waals surface area contributed by atoms with Crippen LogP contribution in [0, 0.1) is 11.8 Å². The summed E-state index contributed by atoms with van der Waals surface area (Å²) in [6.07, 6.45) is 4.09. The summed E-state index contributed by atoms with van der Waals surface area (Å²) >= 11 is 0. The lowest BCUT2D eigenvalue weighted by molar-refractivity contribution is -0.126. The van der Waals surface area contributed by atoms with Crippen LogP contribution in [0.2, 0.25) is 0 Å². The quantitative estimate of drug-likeness (QED) is 0.768. The van der Waals surface area contributed by atoms with Crippen molar-refractivity contribution in [3.05, 3.63) is 54.5 Å². The maximum atomic E-state index is 12.6. The Morgan fingerprint density at radius 2 is 1.77 bits per heavy atom. The van der Waals surface area contributed by atoms with Gasteiger partial charge in [-0.3, -0.25) is 4.79 Å². The molecule has 2 aliphatic rings. The molecule has 0 aliphatic carbocycles. The highest BCUT2D eigenvalue weighted by Crippen LogP contribution is 2.23. The molecular weight excluding hydrogens is 380 g/mol. The Balaban J connectivity index is 1.15. The van der Waals surface area contributed by atoms with Crippen molar-refractivity contribution in [1.82, 2.24) is 15.5 Å². The number of anilines is 1. The molecule has 1 aromatic heterocycles. The fraction of sp³-hybridized carbons (Fsp3) is 0.478. The number of benzene rings is 1. The molecule has 2 fully saturated rings. The lowest BCUT2D eigenvalue weighted by Gasteiger charge is -2.31. The van der Waals surface area contributed by atoms with E-state index in [9.17, 15) is 9.59 Å². The molecule has 2 N–H and O–H groups in total. The Morgan fingerprint density at radius 3 is 2.50 bits per heavy atom. The van der Waals surface area contributed by atoms with Crippen LogP contribution in [0.1, 0.15) is 25.0 Å². The summed E-state index contributed by atoms with van der Waals surface area (Å²) in [5, 5.41) is 6.02. The van der Waals surface area contributed by atoms with Gasteiger partial charge in [-0.05, 0) is 49.4 Å². The second-order valence-electron chi connectivity index (χ2n) is 8.18. The zero-order valence-corrected chi connectivity index (χ0v) is 17.3. The Labute approximate surface area is 177 Å². The van der Waals surface area contributed by atoms with Crippen molar-refractivity contribution in [2.45, 2.75) is 25.8 Å². The highest BCUT2D eigenvalue weighted by Gasteiger charge is 2.28. The second kappa shape index (κ2) is 9.69. The third kappa shape index (κ3) is 5.14. The van der Waals surface area contributed by atoms with E-state index in [1.54, 1.807) is 6.26 Å². The Hall–Kier alpha value is -2.96. The Bertz CT molecular complexity index is 816. The van der Waals surface area contributed by atoms with Crippen LogP contribution in [0.15, 0.2) is 53.1 Å². The van der Waals surface area contributed by atoms with Crippen LogP contribution in [0.25, 0.3) is 0 Å². The van der Waals surface area contributed by atoms with Gasteiger partial charge >= 0.3 is 6.03 Å². The van der Waals surface area contributed by atoms with Crippen molar-refractivity contribution < 1.29 is 14.0 Å². The van der Waals surface area contributed by atoms with Crippen molar-refractivity contribution in [3.8, 4) is 0 Å². The molecule has 1 aromatic carbocycles. The van der Waals surface area contributed by atoms with Gasteiger partial charge in [0.15, 0.2) is 0 Å². The van der Waals surface area contributed by atoms with Crippen LogP contribution < -0.4 is 15.5 Å². The zero-order valence-electron chi connectivity index (χ0n) is 17.3. The van der Waals surface area contributed by atoms with Crippen LogP contribution in [0.5, 0.6) is 0 Å². The average molecular weight is 411 g/mol. The molecule has 2 aromatic rings. The van der Waals surface area contributed by atoms with Gasteiger partial charge < -0.3 is 24.9 Å². The molecular formula is C23H30N4O3. The first-order valence-corrected chi connectivity index (χ1v) is 10.8. The van der Waals surface area contributed by atoms with Gasteiger partial charge in [-0.15, -0.1) is 0 Å². The van der Waals surface area contributed by atoms with Crippen molar-refractivity contribution in [3.63, 3.8) is 0 Å². The van der Waals surface area contributed by atoms with E-state index in [2.05, 4.69) is 39.8 Å². The van der Waals surface area contributed by atoms with E-state index < -0.39 is 0 Å². The number of furan rings is 1. The van der Waals surface area contributed by atoms with Gasteiger partial charge in [0, 0.05) is 44.3 Å². The van der Waals surface area contributed by atoms with Gasteiger partial charge in [0.1, 0.15) is 5.76 Å². The summed E-state index contributed by atoms with van der Waals surface area (Å²) in [6.45, 7) is 4.35. The van der Waals surface area contributed by atoms with Crippen LogP contribution >= 0.6 is 0 Å². The van der Waals surface area contributed by atoms with E-state index in [1.807, 2.05) is 23.1 Å². The van der Waals surface area contributed by atoms with E-state index >= 15 is 0 Å².